The Bertz CT molecular complexity index is 450. The molecule has 0 unspecified atom stereocenters. The maximum absolute atomic E-state index is 3.90. The Labute approximate surface area is 129 Å². The van der Waals surface area contributed by atoms with Gasteiger partial charge in [-0.15, -0.1) is 22.7 Å². The zero-order valence-corrected chi connectivity index (χ0v) is 13.6. The molecule has 3 rings (SSSR count). The third kappa shape index (κ3) is 3.31. The van der Waals surface area contributed by atoms with E-state index in [4.69, 9.17) is 0 Å². The molecule has 0 bridgehead atoms. The lowest BCUT2D eigenvalue weighted by Gasteiger charge is -2.33. The third-order valence-corrected chi connectivity index (χ3v) is 5.97. The fourth-order valence-electron chi connectivity index (χ4n) is 2.87. The fourth-order valence-corrected chi connectivity index (χ4v) is 4.55. The van der Waals surface area contributed by atoms with Gasteiger partial charge in [0, 0.05) is 15.8 Å². The lowest BCUT2D eigenvalue weighted by molar-refractivity contribution is 0.202. The largest absolute Gasteiger partial charge is 0.303 e. The molecule has 1 fully saturated rings. The predicted molar refractivity (Wildman–Crippen MR) is 88.8 cm³/mol. The van der Waals surface area contributed by atoms with Gasteiger partial charge in [0.1, 0.15) is 0 Å². The average Bonchev–Trinajstić information content (AvgIpc) is 3.19. The monoisotopic (exact) mass is 306 g/mol. The molecule has 0 atom stereocenters. The summed E-state index contributed by atoms with van der Waals surface area (Å²) in [6.45, 7) is 5.91. The van der Waals surface area contributed by atoms with Gasteiger partial charge in [0.05, 0.1) is 6.04 Å². The van der Waals surface area contributed by atoms with Crippen molar-refractivity contribution in [3.05, 3.63) is 44.8 Å². The van der Waals surface area contributed by atoms with E-state index in [0.717, 1.165) is 0 Å². The van der Waals surface area contributed by atoms with E-state index in [-0.39, 0.29) is 0 Å². The standard InChI is InChI=1S/C16H22N2S2/c1-2-18-9-7-13(8-10-18)17-16(14-5-3-11-19-14)15-6-4-12-20-15/h3-6,11-13,16-17H,2,7-10H2,1H3. The lowest BCUT2D eigenvalue weighted by atomic mass is 10.0. The van der Waals surface area contributed by atoms with Crippen LogP contribution in [0.1, 0.15) is 35.6 Å². The van der Waals surface area contributed by atoms with Crippen molar-refractivity contribution >= 4 is 22.7 Å². The van der Waals surface area contributed by atoms with Crippen molar-refractivity contribution in [3.63, 3.8) is 0 Å². The molecule has 0 amide bonds. The number of likely N-dealkylation sites (tertiary alicyclic amines) is 1. The summed E-state index contributed by atoms with van der Waals surface area (Å²) in [6.07, 6.45) is 2.53. The number of hydrogen-bond donors (Lipinski definition) is 1. The molecule has 2 aromatic rings. The summed E-state index contributed by atoms with van der Waals surface area (Å²) in [5.41, 5.74) is 0. The van der Waals surface area contributed by atoms with Crippen LogP contribution in [0.4, 0.5) is 0 Å². The topological polar surface area (TPSA) is 15.3 Å². The first-order valence-corrected chi connectivity index (χ1v) is 9.18. The summed E-state index contributed by atoms with van der Waals surface area (Å²) < 4.78 is 0. The molecule has 0 aromatic carbocycles. The van der Waals surface area contributed by atoms with E-state index >= 15 is 0 Å². The van der Waals surface area contributed by atoms with Crippen molar-refractivity contribution < 1.29 is 0 Å². The zero-order chi connectivity index (χ0) is 13.8. The van der Waals surface area contributed by atoms with Crippen LogP contribution in [0.5, 0.6) is 0 Å². The molecule has 108 valence electrons. The third-order valence-electron chi connectivity index (χ3n) is 4.09. The number of piperidine rings is 1. The van der Waals surface area contributed by atoms with Gasteiger partial charge in [0.25, 0.3) is 0 Å². The van der Waals surface area contributed by atoms with Crippen LogP contribution >= 0.6 is 22.7 Å². The van der Waals surface area contributed by atoms with Gasteiger partial charge in [-0.05, 0) is 55.4 Å². The lowest BCUT2D eigenvalue weighted by Crippen LogP contribution is -2.43. The van der Waals surface area contributed by atoms with Crippen molar-refractivity contribution in [3.8, 4) is 0 Å². The quantitative estimate of drug-likeness (QED) is 0.899. The fraction of sp³-hybridized carbons (Fsp3) is 0.500. The van der Waals surface area contributed by atoms with Crippen LogP contribution in [0.2, 0.25) is 0 Å². The van der Waals surface area contributed by atoms with Crippen molar-refractivity contribution in [1.29, 1.82) is 0 Å². The highest BCUT2D eigenvalue weighted by Gasteiger charge is 2.23. The molecule has 1 aliphatic heterocycles. The first-order chi connectivity index (χ1) is 9.86. The molecule has 1 N–H and O–H groups in total. The Morgan fingerprint density at radius 2 is 1.75 bits per heavy atom. The van der Waals surface area contributed by atoms with Crippen LogP contribution in [-0.4, -0.2) is 30.6 Å². The second-order valence-corrected chi connectivity index (χ2v) is 7.30. The summed E-state index contributed by atoms with van der Waals surface area (Å²) >= 11 is 3.71. The molecule has 4 heteroatoms. The molecule has 2 aromatic heterocycles. The van der Waals surface area contributed by atoms with Crippen molar-refractivity contribution in [1.82, 2.24) is 10.2 Å². The zero-order valence-electron chi connectivity index (χ0n) is 11.9. The Hall–Kier alpha value is -0.680. The Balaban J connectivity index is 1.69. The molecule has 1 saturated heterocycles. The highest BCUT2D eigenvalue weighted by Crippen LogP contribution is 2.30. The molecule has 2 nitrogen and oxygen atoms in total. The van der Waals surface area contributed by atoms with Crippen molar-refractivity contribution in [2.24, 2.45) is 0 Å². The van der Waals surface area contributed by atoms with Gasteiger partial charge < -0.3 is 10.2 Å². The summed E-state index contributed by atoms with van der Waals surface area (Å²) in [5, 5.41) is 8.26. The van der Waals surface area contributed by atoms with Gasteiger partial charge in [0.15, 0.2) is 0 Å². The second kappa shape index (κ2) is 6.85. The Morgan fingerprint density at radius 1 is 1.15 bits per heavy atom. The number of hydrogen-bond acceptors (Lipinski definition) is 4. The first kappa shape index (κ1) is 14.3. The molecule has 0 spiro atoms. The maximum atomic E-state index is 3.90. The van der Waals surface area contributed by atoms with E-state index in [9.17, 15) is 0 Å². The van der Waals surface area contributed by atoms with E-state index < -0.39 is 0 Å². The maximum Gasteiger partial charge on any atom is 0.0767 e. The second-order valence-electron chi connectivity index (χ2n) is 5.34. The van der Waals surface area contributed by atoms with Crippen LogP contribution in [0.15, 0.2) is 35.0 Å². The van der Waals surface area contributed by atoms with Crippen LogP contribution in [-0.2, 0) is 0 Å². The molecule has 1 aliphatic rings. The smallest absolute Gasteiger partial charge is 0.0767 e. The number of nitrogens with zero attached hydrogens (tertiary/aromatic N) is 1. The van der Waals surface area contributed by atoms with Gasteiger partial charge in [-0.3, -0.25) is 0 Å². The summed E-state index contributed by atoms with van der Waals surface area (Å²) in [5.74, 6) is 0. The Kier molecular flexibility index (Phi) is 4.89. The van der Waals surface area contributed by atoms with Crippen LogP contribution in [0, 0.1) is 0 Å². The summed E-state index contributed by atoms with van der Waals surface area (Å²) in [4.78, 5) is 5.42. The van der Waals surface area contributed by atoms with Gasteiger partial charge >= 0.3 is 0 Å². The molecular formula is C16H22N2S2. The highest BCUT2D eigenvalue weighted by atomic mass is 32.1. The van der Waals surface area contributed by atoms with E-state index in [2.05, 4.69) is 52.2 Å². The molecule has 0 aliphatic carbocycles. The molecule has 0 radical (unpaired) electrons. The van der Waals surface area contributed by atoms with Crippen molar-refractivity contribution in [2.75, 3.05) is 19.6 Å². The van der Waals surface area contributed by atoms with Crippen molar-refractivity contribution in [2.45, 2.75) is 31.8 Å². The Morgan fingerprint density at radius 3 is 2.20 bits per heavy atom. The molecular weight excluding hydrogens is 284 g/mol. The van der Waals surface area contributed by atoms with Crippen LogP contribution < -0.4 is 5.32 Å². The minimum Gasteiger partial charge on any atom is -0.303 e. The number of thiophene rings is 2. The SMILES string of the molecule is CCN1CCC(NC(c2cccs2)c2cccs2)CC1. The van der Waals surface area contributed by atoms with E-state index in [1.807, 2.05) is 22.7 Å². The molecule has 3 heterocycles. The number of rotatable bonds is 5. The van der Waals surface area contributed by atoms with Crippen LogP contribution in [0.25, 0.3) is 0 Å². The number of nitrogens with one attached hydrogen (secondary N) is 1. The van der Waals surface area contributed by atoms with Gasteiger partial charge in [-0.25, -0.2) is 0 Å². The normalized spacial score (nSPS) is 17.9. The predicted octanol–water partition coefficient (Wildman–Crippen LogP) is 3.97. The minimum atomic E-state index is 0.383. The minimum absolute atomic E-state index is 0.383. The van der Waals surface area contributed by atoms with Gasteiger partial charge in [-0.2, -0.15) is 0 Å². The molecule has 20 heavy (non-hydrogen) atoms. The summed E-state index contributed by atoms with van der Waals surface area (Å²) in [6, 6.07) is 9.84. The van der Waals surface area contributed by atoms with E-state index in [0.29, 0.717) is 12.1 Å². The van der Waals surface area contributed by atoms with Crippen LogP contribution in [0.3, 0.4) is 0 Å². The van der Waals surface area contributed by atoms with E-state index in [1.54, 1.807) is 0 Å². The average molecular weight is 307 g/mol. The van der Waals surface area contributed by atoms with Gasteiger partial charge in [-0.1, -0.05) is 19.1 Å². The first-order valence-electron chi connectivity index (χ1n) is 7.42. The van der Waals surface area contributed by atoms with E-state index in [1.165, 1.54) is 42.2 Å². The highest BCUT2D eigenvalue weighted by molar-refractivity contribution is 7.11. The van der Waals surface area contributed by atoms with Gasteiger partial charge in [0.2, 0.25) is 0 Å². The molecule has 0 saturated carbocycles. The summed E-state index contributed by atoms with van der Waals surface area (Å²) in [7, 11) is 0.